The van der Waals surface area contributed by atoms with E-state index in [0.717, 1.165) is 5.56 Å². The van der Waals surface area contributed by atoms with Gasteiger partial charge < -0.3 is 4.74 Å². The smallest absolute Gasteiger partial charge is 0.297 e. The molecule has 0 aliphatic rings. The summed E-state index contributed by atoms with van der Waals surface area (Å²) in [5.74, 6) is 0.665. The van der Waals surface area contributed by atoms with E-state index in [1.165, 1.54) is 12.1 Å². The third kappa shape index (κ3) is 3.56. The van der Waals surface area contributed by atoms with Crippen molar-refractivity contribution >= 4 is 10.1 Å². The lowest BCUT2D eigenvalue weighted by atomic mass is 10.2. The van der Waals surface area contributed by atoms with Crippen LogP contribution in [0.15, 0.2) is 59.5 Å². The standard InChI is InChI=1S/C14H14O4S/c1-17-13-7-5-6-12(10-13)11-18-19(15,16)14-8-3-2-4-9-14/h2-10H,11H2,1H3. The maximum Gasteiger partial charge on any atom is 0.297 e. The van der Waals surface area contributed by atoms with E-state index in [-0.39, 0.29) is 11.5 Å². The van der Waals surface area contributed by atoms with Crippen molar-refractivity contribution in [3.8, 4) is 5.75 Å². The molecule has 0 aromatic heterocycles. The van der Waals surface area contributed by atoms with Gasteiger partial charge in [0.05, 0.1) is 18.6 Å². The Morgan fingerprint density at radius 2 is 1.74 bits per heavy atom. The molecule has 0 N–H and O–H groups in total. The fourth-order valence-electron chi connectivity index (χ4n) is 1.56. The molecule has 100 valence electrons. The van der Waals surface area contributed by atoms with Crippen LogP contribution in [0, 0.1) is 0 Å². The lowest BCUT2D eigenvalue weighted by molar-refractivity contribution is 0.307. The summed E-state index contributed by atoms with van der Waals surface area (Å²) in [7, 11) is -2.16. The summed E-state index contributed by atoms with van der Waals surface area (Å²) in [5, 5.41) is 0. The molecule has 0 saturated carbocycles. The van der Waals surface area contributed by atoms with E-state index < -0.39 is 10.1 Å². The first-order valence-electron chi connectivity index (χ1n) is 5.69. The normalized spacial score (nSPS) is 11.2. The zero-order valence-electron chi connectivity index (χ0n) is 10.4. The van der Waals surface area contributed by atoms with E-state index in [9.17, 15) is 8.42 Å². The molecule has 2 rings (SSSR count). The molecule has 0 heterocycles. The average Bonchev–Trinajstić information content (AvgIpc) is 2.46. The van der Waals surface area contributed by atoms with Gasteiger partial charge in [0.2, 0.25) is 0 Å². The molecular formula is C14H14O4S. The fraction of sp³-hybridized carbons (Fsp3) is 0.143. The molecule has 0 aliphatic heterocycles. The third-order valence-corrected chi connectivity index (χ3v) is 3.82. The van der Waals surface area contributed by atoms with Crippen molar-refractivity contribution in [1.29, 1.82) is 0 Å². The van der Waals surface area contributed by atoms with Gasteiger partial charge in [0, 0.05) is 0 Å². The Labute approximate surface area is 112 Å². The first-order valence-corrected chi connectivity index (χ1v) is 7.10. The number of methoxy groups -OCH3 is 1. The van der Waals surface area contributed by atoms with E-state index >= 15 is 0 Å². The summed E-state index contributed by atoms with van der Waals surface area (Å²) in [5.41, 5.74) is 0.735. The number of benzene rings is 2. The lowest BCUT2D eigenvalue weighted by Crippen LogP contribution is -2.06. The predicted octanol–water partition coefficient (Wildman–Crippen LogP) is 2.60. The highest BCUT2D eigenvalue weighted by molar-refractivity contribution is 7.86. The number of rotatable bonds is 5. The summed E-state index contributed by atoms with van der Waals surface area (Å²) in [6, 6.07) is 15.2. The van der Waals surface area contributed by atoms with Gasteiger partial charge >= 0.3 is 0 Å². The van der Waals surface area contributed by atoms with Gasteiger partial charge in [-0.3, -0.25) is 4.18 Å². The molecule has 0 amide bonds. The maximum absolute atomic E-state index is 11.9. The summed E-state index contributed by atoms with van der Waals surface area (Å²) in [6.45, 7) is -0.0194. The Hall–Kier alpha value is -1.85. The minimum absolute atomic E-state index is 0.0194. The van der Waals surface area contributed by atoms with Crippen LogP contribution in [0.25, 0.3) is 0 Å². The van der Waals surface area contributed by atoms with Crippen LogP contribution in [0.2, 0.25) is 0 Å². The molecular weight excluding hydrogens is 264 g/mol. The molecule has 0 aliphatic carbocycles. The van der Waals surface area contributed by atoms with Crippen LogP contribution in [-0.2, 0) is 20.9 Å². The van der Waals surface area contributed by atoms with Crippen molar-refractivity contribution in [3.63, 3.8) is 0 Å². The van der Waals surface area contributed by atoms with Gasteiger partial charge in [-0.2, -0.15) is 8.42 Å². The molecule has 4 nitrogen and oxygen atoms in total. The Morgan fingerprint density at radius 3 is 2.42 bits per heavy atom. The van der Waals surface area contributed by atoms with Crippen LogP contribution in [0.4, 0.5) is 0 Å². The zero-order chi connectivity index (χ0) is 13.7. The second-order valence-corrected chi connectivity index (χ2v) is 5.50. The van der Waals surface area contributed by atoms with Gasteiger partial charge in [0.25, 0.3) is 10.1 Å². The van der Waals surface area contributed by atoms with Crippen molar-refractivity contribution in [2.24, 2.45) is 0 Å². The largest absolute Gasteiger partial charge is 0.497 e. The van der Waals surface area contributed by atoms with Gasteiger partial charge in [-0.05, 0) is 29.8 Å². The first kappa shape index (κ1) is 13.6. The molecule has 0 spiro atoms. The Bertz CT molecular complexity index is 636. The quantitative estimate of drug-likeness (QED) is 0.789. The SMILES string of the molecule is COc1cccc(COS(=O)(=O)c2ccccc2)c1. The molecule has 0 fully saturated rings. The van der Waals surface area contributed by atoms with Gasteiger partial charge in [-0.1, -0.05) is 30.3 Å². The van der Waals surface area contributed by atoms with Crippen molar-refractivity contribution in [1.82, 2.24) is 0 Å². The molecule has 5 heteroatoms. The minimum atomic E-state index is -3.72. The number of ether oxygens (including phenoxy) is 1. The van der Waals surface area contributed by atoms with Gasteiger partial charge in [0.15, 0.2) is 0 Å². The second kappa shape index (κ2) is 5.86. The molecule has 2 aromatic carbocycles. The van der Waals surface area contributed by atoms with Crippen LogP contribution in [0.1, 0.15) is 5.56 Å². The van der Waals surface area contributed by atoms with Crippen LogP contribution >= 0.6 is 0 Å². The van der Waals surface area contributed by atoms with E-state index in [4.69, 9.17) is 8.92 Å². The van der Waals surface area contributed by atoms with Crippen molar-refractivity contribution in [3.05, 3.63) is 60.2 Å². The molecule has 0 radical (unpaired) electrons. The third-order valence-electron chi connectivity index (χ3n) is 2.55. The Kier molecular flexibility index (Phi) is 4.19. The zero-order valence-corrected chi connectivity index (χ0v) is 11.3. The van der Waals surface area contributed by atoms with Gasteiger partial charge in [0.1, 0.15) is 5.75 Å². The van der Waals surface area contributed by atoms with Gasteiger partial charge in [-0.25, -0.2) is 0 Å². The average molecular weight is 278 g/mol. The summed E-state index contributed by atoms with van der Waals surface area (Å²) < 4.78 is 33.9. The van der Waals surface area contributed by atoms with E-state index in [1.54, 1.807) is 49.6 Å². The summed E-state index contributed by atoms with van der Waals surface area (Å²) in [6.07, 6.45) is 0. The molecule has 0 unspecified atom stereocenters. The fourth-order valence-corrected chi connectivity index (χ4v) is 2.48. The predicted molar refractivity (Wildman–Crippen MR) is 71.4 cm³/mol. The second-order valence-electron chi connectivity index (χ2n) is 3.88. The highest BCUT2D eigenvalue weighted by Crippen LogP contribution is 2.17. The molecule has 0 atom stereocenters. The number of hydrogen-bond donors (Lipinski definition) is 0. The van der Waals surface area contributed by atoms with Crippen LogP contribution in [-0.4, -0.2) is 15.5 Å². The molecule has 0 saturated heterocycles. The van der Waals surface area contributed by atoms with Crippen molar-refractivity contribution in [2.75, 3.05) is 7.11 Å². The van der Waals surface area contributed by atoms with Crippen LogP contribution in [0.5, 0.6) is 5.75 Å². The van der Waals surface area contributed by atoms with Gasteiger partial charge in [-0.15, -0.1) is 0 Å². The molecule has 19 heavy (non-hydrogen) atoms. The first-order chi connectivity index (χ1) is 9.12. The number of hydrogen-bond acceptors (Lipinski definition) is 4. The Balaban J connectivity index is 2.10. The highest BCUT2D eigenvalue weighted by Gasteiger charge is 2.14. The van der Waals surface area contributed by atoms with E-state index in [0.29, 0.717) is 5.75 Å². The summed E-state index contributed by atoms with van der Waals surface area (Å²) in [4.78, 5) is 0.151. The van der Waals surface area contributed by atoms with E-state index in [2.05, 4.69) is 0 Å². The maximum atomic E-state index is 11.9. The van der Waals surface area contributed by atoms with E-state index in [1.807, 2.05) is 0 Å². The van der Waals surface area contributed by atoms with Crippen molar-refractivity contribution < 1.29 is 17.3 Å². The summed E-state index contributed by atoms with van der Waals surface area (Å²) >= 11 is 0. The lowest BCUT2D eigenvalue weighted by Gasteiger charge is -2.06. The van der Waals surface area contributed by atoms with Crippen LogP contribution in [0.3, 0.4) is 0 Å². The topological polar surface area (TPSA) is 52.6 Å². The Morgan fingerprint density at radius 1 is 1.00 bits per heavy atom. The van der Waals surface area contributed by atoms with Crippen molar-refractivity contribution in [2.45, 2.75) is 11.5 Å². The minimum Gasteiger partial charge on any atom is -0.497 e. The highest BCUT2D eigenvalue weighted by atomic mass is 32.2. The monoisotopic (exact) mass is 278 g/mol. The van der Waals surface area contributed by atoms with Crippen LogP contribution < -0.4 is 4.74 Å². The molecule has 2 aromatic rings. The molecule has 0 bridgehead atoms.